The summed E-state index contributed by atoms with van der Waals surface area (Å²) in [7, 11) is 0. The molecule has 4 bridgehead atoms. The van der Waals surface area contributed by atoms with Crippen molar-refractivity contribution in [1.82, 2.24) is 0 Å². The van der Waals surface area contributed by atoms with Gasteiger partial charge >= 0.3 is 0 Å². The van der Waals surface area contributed by atoms with Crippen molar-refractivity contribution in [1.29, 1.82) is 0 Å². The summed E-state index contributed by atoms with van der Waals surface area (Å²) in [5, 5.41) is 0. The van der Waals surface area contributed by atoms with Crippen LogP contribution in [0.25, 0.3) is 12.2 Å². The quantitative estimate of drug-likeness (QED) is 0.313. The molecule has 5 saturated carbocycles. The summed E-state index contributed by atoms with van der Waals surface area (Å²) in [5.41, 5.74) is 4.90. The zero-order valence-corrected chi connectivity index (χ0v) is 22.1. The summed E-state index contributed by atoms with van der Waals surface area (Å²) in [6, 6.07) is 17.2. The fraction of sp³-hybridized carbons (Fsp3) is 0.543. The van der Waals surface area contributed by atoms with Crippen LogP contribution in [-0.4, -0.2) is 13.2 Å². The van der Waals surface area contributed by atoms with E-state index in [1.165, 1.54) is 47.9 Å². The Morgan fingerprint density at radius 1 is 0.649 bits per heavy atom. The first-order chi connectivity index (χ1) is 18.2. The van der Waals surface area contributed by atoms with Crippen LogP contribution in [0.15, 0.2) is 61.7 Å². The molecule has 0 spiro atoms. The van der Waals surface area contributed by atoms with E-state index in [9.17, 15) is 0 Å². The summed E-state index contributed by atoms with van der Waals surface area (Å²) in [6.45, 7) is 11.2. The number of fused-ring (bicyclic) bond motifs is 12. The van der Waals surface area contributed by atoms with Crippen molar-refractivity contribution in [2.75, 3.05) is 13.2 Å². The molecule has 2 aromatic rings. The third-order valence-corrected chi connectivity index (χ3v) is 11.3. The van der Waals surface area contributed by atoms with Crippen LogP contribution >= 0.6 is 0 Å². The standard InChI is InChI=1S/C35H42O2/c1-3-22-7-5-9-24(11-22)18-36-20-26-13-30-31(14-26)33-17-32(30)34-27-15-28(29(16-27)35(33)34)21-37-19-25-10-6-8-23(4-2)12-25/h3-12,26-35H,1-2,13-21H2. The van der Waals surface area contributed by atoms with Gasteiger partial charge in [-0.25, -0.2) is 0 Å². The molecule has 10 atom stereocenters. The topological polar surface area (TPSA) is 18.5 Å². The van der Waals surface area contributed by atoms with Gasteiger partial charge in [-0.2, -0.15) is 0 Å². The van der Waals surface area contributed by atoms with Gasteiger partial charge < -0.3 is 9.47 Å². The van der Waals surface area contributed by atoms with E-state index in [0.717, 1.165) is 85.6 Å². The first kappa shape index (κ1) is 23.9. The lowest BCUT2D eigenvalue weighted by molar-refractivity contribution is 0.00457. The average molecular weight is 495 g/mol. The van der Waals surface area contributed by atoms with E-state index >= 15 is 0 Å². The molecule has 7 rings (SSSR count). The van der Waals surface area contributed by atoms with E-state index in [1.807, 2.05) is 12.2 Å². The molecule has 2 nitrogen and oxygen atoms in total. The summed E-state index contributed by atoms with van der Waals surface area (Å²) < 4.78 is 12.6. The van der Waals surface area contributed by atoms with Crippen LogP contribution < -0.4 is 0 Å². The van der Waals surface area contributed by atoms with Gasteiger partial charge in [-0.3, -0.25) is 0 Å². The fourth-order valence-corrected chi connectivity index (χ4v) is 10.2. The Morgan fingerprint density at radius 3 is 1.92 bits per heavy atom. The highest BCUT2D eigenvalue weighted by molar-refractivity contribution is 5.48. The van der Waals surface area contributed by atoms with Crippen LogP contribution in [0.4, 0.5) is 0 Å². The van der Waals surface area contributed by atoms with Gasteiger partial charge in [0.25, 0.3) is 0 Å². The maximum Gasteiger partial charge on any atom is 0.0717 e. The minimum absolute atomic E-state index is 0.731. The molecule has 37 heavy (non-hydrogen) atoms. The Kier molecular flexibility index (Phi) is 6.37. The Bertz CT molecular complexity index is 1150. The molecule has 2 heteroatoms. The summed E-state index contributed by atoms with van der Waals surface area (Å²) in [6.07, 6.45) is 11.1. The highest BCUT2D eigenvalue weighted by Gasteiger charge is 2.68. The lowest BCUT2D eigenvalue weighted by Gasteiger charge is -2.43. The van der Waals surface area contributed by atoms with Crippen LogP contribution in [0.3, 0.4) is 0 Å². The van der Waals surface area contributed by atoms with Gasteiger partial charge in [0.1, 0.15) is 0 Å². The highest BCUT2D eigenvalue weighted by atomic mass is 16.5. The second kappa shape index (κ2) is 9.86. The molecule has 0 amide bonds. The highest BCUT2D eigenvalue weighted by Crippen LogP contribution is 2.74. The van der Waals surface area contributed by atoms with E-state index in [0.29, 0.717) is 0 Å². The van der Waals surface area contributed by atoms with Crippen molar-refractivity contribution in [2.45, 2.75) is 45.3 Å². The number of rotatable bonds is 10. The predicted molar refractivity (Wildman–Crippen MR) is 150 cm³/mol. The van der Waals surface area contributed by atoms with Crippen molar-refractivity contribution in [3.05, 3.63) is 83.9 Å². The number of ether oxygens (including phenoxy) is 2. The molecule has 0 N–H and O–H groups in total. The van der Waals surface area contributed by atoms with Crippen molar-refractivity contribution in [3.8, 4) is 0 Å². The van der Waals surface area contributed by atoms with E-state index in [1.54, 1.807) is 6.42 Å². The lowest BCUT2D eigenvalue weighted by Crippen LogP contribution is -2.39. The van der Waals surface area contributed by atoms with E-state index in [-0.39, 0.29) is 0 Å². The second-order valence-corrected chi connectivity index (χ2v) is 13.0. The number of hydrogen-bond donors (Lipinski definition) is 0. The molecule has 0 heterocycles. The van der Waals surface area contributed by atoms with Gasteiger partial charge in [0.15, 0.2) is 0 Å². The molecule has 5 aliphatic carbocycles. The number of hydrogen-bond acceptors (Lipinski definition) is 2. The molecular weight excluding hydrogens is 452 g/mol. The molecule has 0 aliphatic heterocycles. The minimum atomic E-state index is 0.731. The zero-order valence-electron chi connectivity index (χ0n) is 22.1. The average Bonchev–Trinajstić information content (AvgIpc) is 3.73. The van der Waals surface area contributed by atoms with E-state index in [4.69, 9.17) is 9.47 Å². The van der Waals surface area contributed by atoms with Gasteiger partial charge in [0.05, 0.1) is 19.8 Å². The SMILES string of the molecule is C=Cc1cccc(COCC2CC3C(C2)C2CC3C3C4CC(COCc5cccc(C=C)c5)C(C4)C23)c1. The van der Waals surface area contributed by atoms with Crippen LogP contribution in [0, 0.1) is 59.2 Å². The third kappa shape index (κ3) is 4.25. The Balaban J connectivity index is 0.929. The summed E-state index contributed by atoms with van der Waals surface area (Å²) in [4.78, 5) is 0. The zero-order chi connectivity index (χ0) is 24.9. The second-order valence-electron chi connectivity index (χ2n) is 13.0. The van der Waals surface area contributed by atoms with Gasteiger partial charge in [0.2, 0.25) is 0 Å². The Labute approximate surface area is 223 Å². The van der Waals surface area contributed by atoms with Crippen molar-refractivity contribution in [2.24, 2.45) is 59.2 Å². The van der Waals surface area contributed by atoms with Crippen molar-refractivity contribution < 1.29 is 9.47 Å². The van der Waals surface area contributed by atoms with Crippen molar-refractivity contribution >= 4 is 12.2 Å². The molecule has 5 aliphatic rings. The van der Waals surface area contributed by atoms with Gasteiger partial charge in [-0.05, 0) is 126 Å². The molecule has 194 valence electrons. The molecule has 0 saturated heterocycles. The molecule has 0 aromatic heterocycles. The Morgan fingerprint density at radius 2 is 1.27 bits per heavy atom. The Hall–Kier alpha value is -2.16. The fourth-order valence-electron chi connectivity index (χ4n) is 10.2. The third-order valence-electron chi connectivity index (χ3n) is 11.3. The molecular formula is C35H42O2. The van der Waals surface area contributed by atoms with Crippen LogP contribution in [-0.2, 0) is 22.7 Å². The summed E-state index contributed by atoms with van der Waals surface area (Å²) >= 11 is 0. The minimum Gasteiger partial charge on any atom is -0.376 e. The van der Waals surface area contributed by atoms with Crippen LogP contribution in [0.2, 0.25) is 0 Å². The lowest BCUT2D eigenvalue weighted by atomic mass is 9.62. The number of benzene rings is 2. The van der Waals surface area contributed by atoms with Crippen LogP contribution in [0.5, 0.6) is 0 Å². The molecule has 10 unspecified atom stereocenters. The van der Waals surface area contributed by atoms with Crippen molar-refractivity contribution in [3.63, 3.8) is 0 Å². The predicted octanol–water partition coefficient (Wildman–Crippen LogP) is 7.89. The molecule has 2 aromatic carbocycles. The van der Waals surface area contributed by atoms with Gasteiger partial charge in [-0.1, -0.05) is 61.7 Å². The van der Waals surface area contributed by atoms with E-state index < -0.39 is 0 Å². The summed E-state index contributed by atoms with van der Waals surface area (Å²) in [5.74, 6) is 9.50. The maximum atomic E-state index is 6.33. The normalized spacial score (nSPS) is 38.6. The van der Waals surface area contributed by atoms with Crippen LogP contribution in [0.1, 0.15) is 54.4 Å². The first-order valence-corrected chi connectivity index (χ1v) is 14.8. The largest absolute Gasteiger partial charge is 0.376 e. The molecule has 0 radical (unpaired) electrons. The smallest absolute Gasteiger partial charge is 0.0717 e. The van der Waals surface area contributed by atoms with E-state index in [2.05, 4.69) is 61.7 Å². The first-order valence-electron chi connectivity index (χ1n) is 14.8. The maximum absolute atomic E-state index is 6.33. The monoisotopic (exact) mass is 494 g/mol. The van der Waals surface area contributed by atoms with Gasteiger partial charge in [0, 0.05) is 6.61 Å². The molecule has 5 fully saturated rings. The van der Waals surface area contributed by atoms with Gasteiger partial charge in [-0.15, -0.1) is 0 Å².